The van der Waals surface area contributed by atoms with Gasteiger partial charge in [-0.1, -0.05) is 18.7 Å². The molecule has 1 atom stereocenters. The summed E-state index contributed by atoms with van der Waals surface area (Å²) in [6.07, 6.45) is 1.68. The molecule has 1 spiro atoms. The maximum atomic E-state index is 12.8. The summed E-state index contributed by atoms with van der Waals surface area (Å²) in [4.78, 5) is 23.5. The normalized spacial score (nSPS) is 24.2. The summed E-state index contributed by atoms with van der Waals surface area (Å²) in [6.45, 7) is 4.67. The van der Waals surface area contributed by atoms with Gasteiger partial charge in [0.05, 0.1) is 28.7 Å². The van der Waals surface area contributed by atoms with Crippen LogP contribution in [0.2, 0.25) is 0 Å². The average molecular weight is 364 g/mol. The molecule has 3 rings (SSSR count). The van der Waals surface area contributed by atoms with Crippen LogP contribution in [0.25, 0.3) is 0 Å². The summed E-state index contributed by atoms with van der Waals surface area (Å²) in [6, 6.07) is 6.66. The van der Waals surface area contributed by atoms with Crippen LogP contribution in [-0.4, -0.2) is 46.5 Å². The number of benzene rings is 1. The van der Waals surface area contributed by atoms with Crippen LogP contribution in [-0.2, 0) is 30.5 Å². The summed E-state index contributed by atoms with van der Waals surface area (Å²) < 4.78 is 27.8. The van der Waals surface area contributed by atoms with Crippen LogP contribution in [0.4, 0.5) is 0 Å². The highest BCUT2D eigenvalue weighted by Gasteiger charge is 2.46. The Hall–Kier alpha value is -2.03. The first-order chi connectivity index (χ1) is 11.9. The second-order valence-electron chi connectivity index (χ2n) is 5.99. The van der Waals surface area contributed by atoms with Crippen molar-refractivity contribution in [2.75, 3.05) is 24.7 Å². The van der Waals surface area contributed by atoms with Crippen LogP contribution in [0.5, 0.6) is 0 Å². The molecule has 134 valence electrons. The van der Waals surface area contributed by atoms with Crippen molar-refractivity contribution in [1.82, 2.24) is 5.32 Å². The number of ether oxygens (including phenoxy) is 2. The zero-order chi connectivity index (χ0) is 17.9. The van der Waals surface area contributed by atoms with Crippen molar-refractivity contribution < 1.29 is 23.3 Å². The third-order valence-electron chi connectivity index (χ3n) is 4.16. The zero-order valence-corrected chi connectivity index (χ0v) is 14.5. The van der Waals surface area contributed by atoms with E-state index < -0.39 is 21.4 Å². The van der Waals surface area contributed by atoms with Gasteiger partial charge in [-0.15, -0.1) is 0 Å². The third kappa shape index (κ3) is 4.15. The van der Waals surface area contributed by atoms with Crippen molar-refractivity contribution in [3.8, 4) is 0 Å². The number of carbonyl (C=O) groups is 2. The summed E-state index contributed by atoms with van der Waals surface area (Å²) >= 11 is 0. The molecule has 25 heavy (non-hydrogen) atoms. The molecule has 0 aliphatic carbocycles. The topological polar surface area (TPSA) is 94.1 Å². The second kappa shape index (κ2) is 7.07. The molecule has 1 aromatic rings. The van der Waals surface area contributed by atoms with E-state index in [1.807, 2.05) is 0 Å². The second-order valence-corrected chi connectivity index (χ2v) is 8.42. The molecule has 2 aliphatic heterocycles. The fraction of sp³-hybridized carbons (Fsp3) is 0.412. The molecule has 0 saturated carbocycles. The maximum Gasteiger partial charge on any atom is 0.285 e. The van der Waals surface area contributed by atoms with E-state index in [1.54, 1.807) is 24.3 Å². The molecule has 0 radical (unpaired) electrons. The summed E-state index contributed by atoms with van der Waals surface area (Å²) in [5.74, 6) is -1.17. The van der Waals surface area contributed by atoms with Gasteiger partial charge >= 0.3 is 0 Å². The predicted molar refractivity (Wildman–Crippen MR) is 92.4 cm³/mol. The highest BCUT2D eigenvalue weighted by Crippen LogP contribution is 2.33. The van der Waals surface area contributed by atoms with Gasteiger partial charge in [-0.3, -0.25) is 9.59 Å². The van der Waals surface area contributed by atoms with Crippen LogP contribution in [0.3, 0.4) is 0 Å². The summed E-state index contributed by atoms with van der Waals surface area (Å²) in [5, 5.41) is 2.65. The Morgan fingerprint density at radius 3 is 2.60 bits per heavy atom. The molecule has 0 aromatic heterocycles. The Morgan fingerprint density at radius 2 is 1.96 bits per heavy atom. The lowest BCUT2D eigenvalue weighted by atomic mass is 10.1. The third-order valence-corrected chi connectivity index (χ3v) is 6.39. The minimum atomic E-state index is -2.67. The van der Waals surface area contributed by atoms with Crippen molar-refractivity contribution >= 4 is 21.5 Å². The van der Waals surface area contributed by atoms with Gasteiger partial charge < -0.3 is 14.8 Å². The van der Waals surface area contributed by atoms with Crippen molar-refractivity contribution in [2.45, 2.75) is 18.8 Å². The monoisotopic (exact) mass is 364 g/mol. The Kier molecular flexibility index (Phi) is 5.03. The first kappa shape index (κ1) is 17.8. The van der Waals surface area contributed by atoms with E-state index in [4.69, 9.17) is 9.47 Å². The first-order valence-corrected chi connectivity index (χ1v) is 9.83. The lowest BCUT2D eigenvalue weighted by Crippen LogP contribution is -2.31. The van der Waals surface area contributed by atoms with Gasteiger partial charge in [0.25, 0.3) is 5.91 Å². The van der Waals surface area contributed by atoms with Crippen LogP contribution < -0.4 is 5.32 Å². The quantitative estimate of drug-likeness (QED) is 0.812. The number of rotatable bonds is 4. The van der Waals surface area contributed by atoms with E-state index in [0.717, 1.165) is 5.56 Å². The van der Waals surface area contributed by atoms with Gasteiger partial charge in [-0.05, 0) is 23.8 Å². The number of hydrogen-bond acceptors (Lipinski definition) is 5. The molecule has 2 heterocycles. The zero-order valence-electron chi connectivity index (χ0n) is 13.7. The lowest BCUT2D eigenvalue weighted by Gasteiger charge is -2.19. The fourth-order valence-corrected chi connectivity index (χ4v) is 5.17. The molecule has 1 aromatic carbocycles. The minimum Gasteiger partial charge on any atom is -0.348 e. The number of nitrogens with one attached hydrogen (secondary N) is 1. The molecule has 2 amide bonds. The number of nitrogens with zero attached hydrogens (tertiary/aromatic N) is 1. The molecule has 2 saturated heterocycles. The highest BCUT2D eigenvalue weighted by atomic mass is 32.2. The molecule has 8 heteroatoms. The first-order valence-electron chi connectivity index (χ1n) is 7.98. The summed E-state index contributed by atoms with van der Waals surface area (Å²) in [7, 11) is -2.67. The molecular formula is C17H20N2O5S. The van der Waals surface area contributed by atoms with E-state index in [0.29, 0.717) is 37.5 Å². The molecule has 1 N–H and O–H groups in total. The Labute approximate surface area is 146 Å². The molecule has 1 unspecified atom stereocenters. The Balaban J connectivity index is 1.68. The highest BCUT2D eigenvalue weighted by molar-refractivity contribution is 7.94. The molecule has 7 nitrogen and oxygen atoms in total. The molecule has 2 fully saturated rings. The molecule has 2 aliphatic rings. The average Bonchev–Trinajstić information content (AvgIpc) is 3.19. The van der Waals surface area contributed by atoms with Crippen LogP contribution >= 0.6 is 0 Å². The van der Waals surface area contributed by atoms with Crippen LogP contribution in [0.15, 0.2) is 41.3 Å². The molecule has 0 bridgehead atoms. The van der Waals surface area contributed by atoms with Gasteiger partial charge in [0.2, 0.25) is 5.91 Å². The van der Waals surface area contributed by atoms with Gasteiger partial charge in [0.15, 0.2) is 5.79 Å². The molecular weight excluding hydrogens is 344 g/mol. The smallest absolute Gasteiger partial charge is 0.285 e. The summed E-state index contributed by atoms with van der Waals surface area (Å²) in [5.41, 5.74) is 1.19. The van der Waals surface area contributed by atoms with Crippen LogP contribution in [0.1, 0.15) is 22.3 Å². The lowest BCUT2D eigenvalue weighted by molar-refractivity contribution is -0.134. The number of amides is 2. The van der Waals surface area contributed by atoms with Crippen molar-refractivity contribution in [2.24, 2.45) is 4.36 Å². The van der Waals surface area contributed by atoms with E-state index in [2.05, 4.69) is 16.3 Å². The van der Waals surface area contributed by atoms with Gasteiger partial charge in [-0.2, -0.15) is 4.36 Å². The number of carbonyl (C=O) groups excluding carboxylic acids is 2. The van der Waals surface area contributed by atoms with E-state index >= 15 is 0 Å². The minimum absolute atomic E-state index is 0.136. The van der Waals surface area contributed by atoms with E-state index in [-0.39, 0.29) is 11.7 Å². The Morgan fingerprint density at radius 1 is 1.28 bits per heavy atom. The predicted octanol–water partition coefficient (Wildman–Crippen LogP) is 1.24. The Bertz CT molecular complexity index is 803. The maximum absolute atomic E-state index is 12.8. The van der Waals surface area contributed by atoms with Crippen molar-refractivity contribution in [3.05, 3.63) is 48.0 Å². The fourth-order valence-electron chi connectivity index (χ4n) is 2.84. The van der Waals surface area contributed by atoms with E-state index in [9.17, 15) is 13.8 Å². The van der Waals surface area contributed by atoms with E-state index in [1.165, 1.54) is 6.08 Å². The van der Waals surface area contributed by atoms with Crippen molar-refractivity contribution in [3.63, 3.8) is 0 Å². The largest absolute Gasteiger partial charge is 0.348 e. The van der Waals surface area contributed by atoms with Crippen molar-refractivity contribution in [1.29, 1.82) is 0 Å². The SMILES string of the molecule is C=CC(=O)NCc1ccc(C(=O)N=S2(=O)CCC3(C2)OCCO3)cc1. The van der Waals surface area contributed by atoms with Gasteiger partial charge in [0, 0.05) is 24.3 Å². The van der Waals surface area contributed by atoms with Gasteiger partial charge in [-0.25, -0.2) is 4.21 Å². The van der Waals surface area contributed by atoms with Gasteiger partial charge in [0.1, 0.15) is 0 Å². The van der Waals surface area contributed by atoms with Crippen LogP contribution in [0, 0.1) is 0 Å². The number of hydrogen-bond donors (Lipinski definition) is 1. The standard InChI is InChI=1S/C17H20N2O5S/c1-2-15(20)18-11-13-3-5-14(6-4-13)16(21)19-25(22)10-7-17(12-25)23-8-9-24-17/h2-6H,1,7-12H2,(H,18,20).